The number of piperidine rings is 1. The number of likely N-dealkylation sites (tertiary alicyclic amines) is 1. The Balaban J connectivity index is 1.40. The van der Waals surface area contributed by atoms with Gasteiger partial charge in [-0.3, -0.25) is 9.69 Å². The molecular formula is C29H32Cl2N2O3S. The van der Waals surface area contributed by atoms with E-state index in [-0.39, 0.29) is 26.6 Å². The fraction of sp³-hybridized carbons (Fsp3) is 0.345. The summed E-state index contributed by atoms with van der Waals surface area (Å²) >= 11 is 12.3. The topological polar surface area (TPSA) is 66.5 Å². The molecule has 1 amide bonds. The van der Waals surface area contributed by atoms with Crippen molar-refractivity contribution in [2.75, 3.05) is 18.4 Å². The molecule has 0 radical (unpaired) electrons. The van der Waals surface area contributed by atoms with Gasteiger partial charge in [0, 0.05) is 23.2 Å². The number of hydrogen-bond acceptors (Lipinski definition) is 4. The first kappa shape index (κ1) is 27.6. The maximum absolute atomic E-state index is 13.0. The van der Waals surface area contributed by atoms with Crippen molar-refractivity contribution in [2.24, 2.45) is 5.92 Å². The predicted molar refractivity (Wildman–Crippen MR) is 150 cm³/mol. The molecule has 0 bridgehead atoms. The molecule has 1 fully saturated rings. The molecule has 0 saturated carbocycles. The third-order valence-corrected chi connectivity index (χ3v) is 9.42. The van der Waals surface area contributed by atoms with E-state index in [1.165, 1.54) is 23.3 Å². The first-order valence-electron chi connectivity index (χ1n) is 12.5. The van der Waals surface area contributed by atoms with Crippen molar-refractivity contribution in [3.8, 4) is 0 Å². The lowest BCUT2D eigenvalue weighted by atomic mass is 9.86. The van der Waals surface area contributed by atoms with Gasteiger partial charge >= 0.3 is 0 Å². The van der Waals surface area contributed by atoms with Crippen molar-refractivity contribution in [2.45, 2.75) is 55.9 Å². The molecule has 1 aliphatic heterocycles. The number of nitrogens with one attached hydrogen (secondary N) is 1. The molecule has 5 nitrogen and oxygen atoms in total. The molecule has 3 aromatic carbocycles. The Morgan fingerprint density at radius 1 is 1.00 bits per heavy atom. The summed E-state index contributed by atoms with van der Waals surface area (Å²) in [6.45, 7) is 8.46. The van der Waals surface area contributed by atoms with Gasteiger partial charge in [0.2, 0.25) is 15.7 Å². The normalized spacial score (nSPS) is 15.2. The van der Waals surface area contributed by atoms with Crippen LogP contribution in [-0.2, 0) is 21.2 Å². The Kier molecular flexibility index (Phi) is 8.64. The maximum Gasteiger partial charge on any atom is 0.226 e. The molecule has 8 heteroatoms. The van der Waals surface area contributed by atoms with Crippen molar-refractivity contribution in [3.05, 3.63) is 87.4 Å². The predicted octanol–water partition coefficient (Wildman–Crippen LogP) is 7.11. The molecule has 196 valence electrons. The number of anilines is 1. The van der Waals surface area contributed by atoms with E-state index < -0.39 is 9.84 Å². The first-order chi connectivity index (χ1) is 17.5. The van der Waals surface area contributed by atoms with Gasteiger partial charge in [-0.1, -0.05) is 49.2 Å². The third kappa shape index (κ3) is 6.55. The molecule has 1 saturated heterocycles. The second kappa shape index (κ2) is 11.6. The molecule has 4 rings (SSSR count). The molecule has 0 unspecified atom stereocenters. The van der Waals surface area contributed by atoms with Gasteiger partial charge in [-0.05, 0) is 104 Å². The number of sulfone groups is 1. The van der Waals surface area contributed by atoms with Crippen molar-refractivity contribution in [1.29, 1.82) is 0 Å². The largest absolute Gasteiger partial charge is 0.326 e. The van der Waals surface area contributed by atoms with E-state index in [0.29, 0.717) is 17.5 Å². The van der Waals surface area contributed by atoms with Crippen LogP contribution in [-0.4, -0.2) is 32.3 Å². The third-order valence-electron chi connectivity index (χ3n) is 6.91. The Labute approximate surface area is 229 Å². The van der Waals surface area contributed by atoms with Gasteiger partial charge < -0.3 is 5.32 Å². The highest BCUT2D eigenvalue weighted by atomic mass is 35.5. The zero-order chi connectivity index (χ0) is 26.7. The Morgan fingerprint density at radius 2 is 1.68 bits per heavy atom. The average Bonchev–Trinajstić information content (AvgIpc) is 2.86. The number of carbonyl (C=O) groups is 1. The summed E-state index contributed by atoms with van der Waals surface area (Å²) in [4.78, 5) is 14.8. The lowest BCUT2D eigenvalue weighted by Crippen LogP contribution is -2.32. The van der Waals surface area contributed by atoms with Crippen LogP contribution < -0.4 is 5.32 Å². The lowest BCUT2D eigenvalue weighted by molar-refractivity contribution is -0.118. The Hall–Kier alpha value is -2.38. The van der Waals surface area contributed by atoms with Gasteiger partial charge in [-0.15, -0.1) is 0 Å². The number of hydrogen-bond donors (Lipinski definition) is 1. The van der Waals surface area contributed by atoms with Gasteiger partial charge in [-0.25, -0.2) is 8.42 Å². The van der Waals surface area contributed by atoms with E-state index in [1.807, 2.05) is 26.0 Å². The van der Waals surface area contributed by atoms with Gasteiger partial charge in [0.1, 0.15) is 0 Å². The number of benzene rings is 3. The molecule has 37 heavy (non-hydrogen) atoms. The molecule has 1 N–H and O–H groups in total. The van der Waals surface area contributed by atoms with Crippen LogP contribution in [0.3, 0.4) is 0 Å². The molecule has 0 spiro atoms. The van der Waals surface area contributed by atoms with Crippen molar-refractivity contribution in [3.63, 3.8) is 0 Å². The summed E-state index contributed by atoms with van der Waals surface area (Å²) < 4.78 is 26.0. The lowest BCUT2D eigenvalue weighted by Gasteiger charge is -2.33. The molecule has 0 aromatic heterocycles. The Morgan fingerprint density at radius 3 is 2.30 bits per heavy atom. The molecular weight excluding hydrogens is 527 g/mol. The highest BCUT2D eigenvalue weighted by Gasteiger charge is 2.24. The Bertz CT molecular complexity index is 1380. The zero-order valence-electron chi connectivity index (χ0n) is 21.3. The summed E-state index contributed by atoms with van der Waals surface area (Å²) in [5.74, 6) is 0.394. The second-order valence-electron chi connectivity index (χ2n) is 9.99. The van der Waals surface area contributed by atoms with Crippen LogP contribution in [0.5, 0.6) is 0 Å². The number of rotatable bonds is 7. The molecule has 0 atom stereocenters. The van der Waals surface area contributed by atoms with E-state index in [0.717, 1.165) is 37.2 Å². The van der Waals surface area contributed by atoms with Crippen LogP contribution in [0.2, 0.25) is 10.0 Å². The van der Waals surface area contributed by atoms with Crippen LogP contribution in [0.25, 0.3) is 0 Å². The fourth-order valence-electron chi connectivity index (χ4n) is 4.71. The van der Waals surface area contributed by atoms with E-state index in [2.05, 4.69) is 29.3 Å². The highest BCUT2D eigenvalue weighted by Crippen LogP contribution is 2.34. The summed E-state index contributed by atoms with van der Waals surface area (Å²) in [6, 6.07) is 17.4. The van der Waals surface area contributed by atoms with Crippen LogP contribution in [0.15, 0.2) is 70.5 Å². The molecule has 0 aliphatic carbocycles. The van der Waals surface area contributed by atoms with E-state index >= 15 is 0 Å². The van der Waals surface area contributed by atoms with Gasteiger partial charge in [0.25, 0.3) is 0 Å². The fourth-order valence-corrected chi connectivity index (χ4v) is 6.65. The van der Waals surface area contributed by atoms with Crippen LogP contribution in [0.1, 0.15) is 49.3 Å². The monoisotopic (exact) mass is 558 g/mol. The highest BCUT2D eigenvalue weighted by molar-refractivity contribution is 7.91. The summed E-state index contributed by atoms with van der Waals surface area (Å²) in [5, 5.41) is 3.71. The average molecular weight is 560 g/mol. The summed E-state index contributed by atoms with van der Waals surface area (Å²) in [5.41, 5.74) is 4.37. The molecule has 1 heterocycles. The van der Waals surface area contributed by atoms with Crippen LogP contribution >= 0.6 is 23.2 Å². The number of halogens is 2. The number of carbonyl (C=O) groups excluding carboxylic acids is 1. The standard InChI is InChI=1S/C29H32Cl2N2O3S/c1-19(2)29(34)32-24-8-4-20(3)26(17-24)22-12-14-33(15-13-22)18-21-5-11-28(27(31)16-21)37(35,36)25-9-6-23(30)7-10-25/h4-11,16-17,19,22H,12-15,18H2,1-3H3,(H,32,34). The summed E-state index contributed by atoms with van der Waals surface area (Å²) in [6.07, 6.45) is 2.03. The smallest absolute Gasteiger partial charge is 0.226 e. The minimum atomic E-state index is -3.72. The zero-order valence-corrected chi connectivity index (χ0v) is 23.6. The first-order valence-corrected chi connectivity index (χ1v) is 14.7. The number of aryl methyl sites for hydroxylation is 1. The van der Waals surface area contributed by atoms with Crippen LogP contribution in [0.4, 0.5) is 5.69 Å². The minimum Gasteiger partial charge on any atom is -0.326 e. The second-order valence-corrected chi connectivity index (χ2v) is 12.7. The van der Waals surface area contributed by atoms with Crippen LogP contribution in [0, 0.1) is 12.8 Å². The SMILES string of the molecule is Cc1ccc(NC(=O)C(C)C)cc1C1CCN(Cc2ccc(S(=O)(=O)c3ccc(Cl)cc3)c(Cl)c2)CC1. The molecule has 1 aliphatic rings. The summed E-state index contributed by atoms with van der Waals surface area (Å²) in [7, 11) is -3.72. The van der Waals surface area contributed by atoms with Gasteiger partial charge in [-0.2, -0.15) is 0 Å². The van der Waals surface area contributed by atoms with E-state index in [1.54, 1.807) is 24.3 Å². The van der Waals surface area contributed by atoms with Gasteiger partial charge in [0.15, 0.2) is 0 Å². The van der Waals surface area contributed by atoms with Crippen molar-refractivity contribution < 1.29 is 13.2 Å². The molecule has 3 aromatic rings. The number of amides is 1. The van der Waals surface area contributed by atoms with Crippen molar-refractivity contribution in [1.82, 2.24) is 4.90 Å². The quantitative estimate of drug-likeness (QED) is 0.335. The minimum absolute atomic E-state index is 0.0234. The van der Waals surface area contributed by atoms with Crippen molar-refractivity contribution >= 4 is 44.6 Å². The maximum atomic E-state index is 13.0. The van der Waals surface area contributed by atoms with E-state index in [4.69, 9.17) is 23.2 Å². The van der Waals surface area contributed by atoms with Gasteiger partial charge in [0.05, 0.1) is 14.8 Å². The van der Waals surface area contributed by atoms with E-state index in [9.17, 15) is 13.2 Å². The number of nitrogens with zero attached hydrogens (tertiary/aromatic N) is 1.